The van der Waals surface area contributed by atoms with Crippen LogP contribution in [-0.2, 0) is 0 Å². The number of rotatable bonds is 3. The zero-order chi connectivity index (χ0) is 14.7. The molecule has 4 heteroatoms. The summed E-state index contributed by atoms with van der Waals surface area (Å²) in [7, 11) is 1.97. The molecule has 0 aliphatic heterocycles. The Labute approximate surface area is 132 Å². The Bertz CT molecular complexity index is 664. The molecule has 0 radical (unpaired) electrons. The van der Waals surface area contributed by atoms with Gasteiger partial charge in [0.1, 0.15) is 6.07 Å². The molecule has 102 valence electrons. The normalized spacial score (nSPS) is 11.8. The van der Waals surface area contributed by atoms with Crippen LogP contribution in [0.1, 0.15) is 24.1 Å². The number of hydrogen-bond acceptors (Lipinski definition) is 2. The van der Waals surface area contributed by atoms with Crippen LogP contribution in [0.4, 0.5) is 5.69 Å². The van der Waals surface area contributed by atoms with E-state index in [-0.39, 0.29) is 6.04 Å². The molecule has 2 rings (SSSR count). The molecule has 20 heavy (non-hydrogen) atoms. The van der Waals surface area contributed by atoms with E-state index in [0.717, 1.165) is 20.7 Å². The molecule has 1 unspecified atom stereocenters. The van der Waals surface area contributed by atoms with Gasteiger partial charge in [-0.1, -0.05) is 45.7 Å². The Balaban J connectivity index is 2.42. The summed E-state index contributed by atoms with van der Waals surface area (Å²) < 4.78 is 0.949. The maximum atomic E-state index is 9.25. The highest BCUT2D eigenvalue weighted by atomic mass is 79.9. The molecule has 0 aliphatic carbocycles. The summed E-state index contributed by atoms with van der Waals surface area (Å²) in [4.78, 5) is 2.06. The average molecular weight is 350 g/mol. The molecule has 0 N–H and O–H groups in total. The molecular weight excluding hydrogens is 336 g/mol. The van der Waals surface area contributed by atoms with Crippen LogP contribution in [0, 0.1) is 11.3 Å². The van der Waals surface area contributed by atoms with Gasteiger partial charge in [-0.15, -0.1) is 0 Å². The Morgan fingerprint density at radius 2 is 1.95 bits per heavy atom. The molecule has 0 aliphatic rings. The quantitative estimate of drug-likeness (QED) is 0.764. The largest absolute Gasteiger partial charge is 0.367 e. The van der Waals surface area contributed by atoms with Gasteiger partial charge in [-0.25, -0.2) is 0 Å². The third-order valence-corrected chi connectivity index (χ3v) is 4.23. The summed E-state index contributed by atoms with van der Waals surface area (Å²) in [5.41, 5.74) is 2.57. The lowest BCUT2D eigenvalue weighted by atomic mass is 10.1. The van der Waals surface area contributed by atoms with E-state index in [0.29, 0.717) is 5.56 Å². The third-order valence-electron chi connectivity index (χ3n) is 3.40. The lowest BCUT2D eigenvalue weighted by Gasteiger charge is -2.29. The van der Waals surface area contributed by atoms with E-state index in [4.69, 9.17) is 11.6 Å². The minimum Gasteiger partial charge on any atom is -0.367 e. The van der Waals surface area contributed by atoms with Crippen molar-refractivity contribution in [1.29, 1.82) is 5.26 Å². The van der Waals surface area contributed by atoms with Crippen molar-refractivity contribution in [2.24, 2.45) is 0 Å². The van der Waals surface area contributed by atoms with Crippen LogP contribution in [-0.4, -0.2) is 7.05 Å². The highest BCUT2D eigenvalue weighted by Crippen LogP contribution is 2.32. The van der Waals surface area contributed by atoms with Crippen molar-refractivity contribution in [3.63, 3.8) is 0 Å². The van der Waals surface area contributed by atoms with Crippen molar-refractivity contribution in [2.75, 3.05) is 11.9 Å². The van der Waals surface area contributed by atoms with Gasteiger partial charge in [0.05, 0.1) is 17.3 Å². The minimum absolute atomic E-state index is 0.0742. The summed E-state index contributed by atoms with van der Waals surface area (Å²) in [5, 5.41) is 9.98. The SMILES string of the molecule is CC(c1ccccc1Cl)N(C)c1cc(Br)ccc1C#N. The average Bonchev–Trinajstić information content (AvgIpc) is 2.46. The Kier molecular flexibility index (Phi) is 4.69. The zero-order valence-electron chi connectivity index (χ0n) is 11.3. The van der Waals surface area contributed by atoms with E-state index in [2.05, 4.69) is 33.8 Å². The second kappa shape index (κ2) is 6.30. The number of nitriles is 1. The second-order valence-corrected chi connectivity index (χ2v) is 5.90. The predicted octanol–water partition coefficient (Wildman–Crippen LogP) is 5.17. The van der Waals surface area contributed by atoms with E-state index in [1.807, 2.05) is 49.5 Å². The first kappa shape index (κ1) is 14.9. The van der Waals surface area contributed by atoms with Crippen LogP contribution in [0.3, 0.4) is 0 Å². The first-order valence-corrected chi connectivity index (χ1v) is 7.38. The second-order valence-electron chi connectivity index (χ2n) is 4.58. The van der Waals surface area contributed by atoms with Gasteiger partial charge in [0.15, 0.2) is 0 Å². The maximum absolute atomic E-state index is 9.25. The fourth-order valence-corrected chi connectivity index (χ4v) is 2.76. The van der Waals surface area contributed by atoms with Crippen LogP contribution in [0.15, 0.2) is 46.9 Å². The van der Waals surface area contributed by atoms with E-state index in [1.54, 1.807) is 0 Å². The summed E-state index contributed by atoms with van der Waals surface area (Å²) in [5.74, 6) is 0. The van der Waals surface area contributed by atoms with Gasteiger partial charge in [0.25, 0.3) is 0 Å². The van der Waals surface area contributed by atoms with E-state index in [9.17, 15) is 5.26 Å². The third kappa shape index (κ3) is 2.98. The fraction of sp³-hybridized carbons (Fsp3) is 0.188. The Morgan fingerprint density at radius 1 is 1.25 bits per heavy atom. The molecule has 2 nitrogen and oxygen atoms in total. The van der Waals surface area contributed by atoms with Crippen molar-refractivity contribution >= 4 is 33.2 Å². The van der Waals surface area contributed by atoms with Gasteiger partial charge in [0.2, 0.25) is 0 Å². The lowest BCUT2D eigenvalue weighted by molar-refractivity contribution is 0.739. The number of nitrogens with zero attached hydrogens (tertiary/aromatic N) is 2. The Hall–Kier alpha value is -1.50. The van der Waals surface area contributed by atoms with Crippen LogP contribution in [0.5, 0.6) is 0 Å². The minimum atomic E-state index is 0.0742. The standard InChI is InChI=1S/C16H14BrClN2/c1-11(14-5-3-4-6-15(14)18)20(2)16-9-13(17)8-7-12(16)10-19/h3-9,11H,1-2H3. The summed E-state index contributed by atoms with van der Waals surface area (Å²) in [6.45, 7) is 2.07. The molecule has 1 atom stereocenters. The first-order valence-electron chi connectivity index (χ1n) is 6.21. The highest BCUT2D eigenvalue weighted by Gasteiger charge is 2.17. The van der Waals surface area contributed by atoms with Crippen molar-refractivity contribution in [3.8, 4) is 6.07 Å². The maximum Gasteiger partial charge on any atom is 0.101 e. The van der Waals surface area contributed by atoms with Crippen molar-refractivity contribution in [1.82, 2.24) is 0 Å². The van der Waals surface area contributed by atoms with Gasteiger partial charge < -0.3 is 4.90 Å². The van der Waals surface area contributed by atoms with Crippen LogP contribution >= 0.6 is 27.5 Å². The van der Waals surface area contributed by atoms with Crippen molar-refractivity contribution in [2.45, 2.75) is 13.0 Å². The Morgan fingerprint density at radius 3 is 2.60 bits per heavy atom. The van der Waals surface area contributed by atoms with E-state index in [1.165, 1.54) is 0 Å². The lowest BCUT2D eigenvalue weighted by Crippen LogP contribution is -2.22. The van der Waals surface area contributed by atoms with Gasteiger partial charge in [-0.3, -0.25) is 0 Å². The van der Waals surface area contributed by atoms with Crippen LogP contribution in [0.2, 0.25) is 5.02 Å². The smallest absolute Gasteiger partial charge is 0.101 e. The highest BCUT2D eigenvalue weighted by molar-refractivity contribution is 9.10. The molecule has 0 aromatic heterocycles. The summed E-state index contributed by atoms with van der Waals surface area (Å²) in [6.07, 6.45) is 0. The van der Waals surface area contributed by atoms with Crippen molar-refractivity contribution < 1.29 is 0 Å². The fourth-order valence-electron chi connectivity index (χ4n) is 2.12. The number of benzene rings is 2. The summed E-state index contributed by atoms with van der Waals surface area (Å²) in [6, 6.07) is 15.7. The molecule has 2 aromatic rings. The van der Waals surface area contributed by atoms with Gasteiger partial charge in [0, 0.05) is 16.5 Å². The number of halogens is 2. The van der Waals surface area contributed by atoms with Gasteiger partial charge in [-0.05, 0) is 36.8 Å². The predicted molar refractivity (Wildman–Crippen MR) is 87.1 cm³/mol. The molecule has 0 bridgehead atoms. The molecule has 0 heterocycles. The van der Waals surface area contributed by atoms with Crippen LogP contribution < -0.4 is 4.90 Å². The van der Waals surface area contributed by atoms with Gasteiger partial charge in [-0.2, -0.15) is 5.26 Å². The van der Waals surface area contributed by atoms with E-state index < -0.39 is 0 Å². The van der Waals surface area contributed by atoms with Gasteiger partial charge >= 0.3 is 0 Å². The zero-order valence-corrected chi connectivity index (χ0v) is 13.6. The monoisotopic (exact) mass is 348 g/mol. The number of anilines is 1. The van der Waals surface area contributed by atoms with Crippen LogP contribution in [0.25, 0.3) is 0 Å². The molecule has 2 aromatic carbocycles. The molecule has 0 saturated carbocycles. The molecule has 0 spiro atoms. The molecular formula is C16H14BrClN2. The molecule has 0 saturated heterocycles. The topological polar surface area (TPSA) is 27.0 Å². The molecule has 0 fully saturated rings. The van der Waals surface area contributed by atoms with E-state index >= 15 is 0 Å². The number of hydrogen-bond donors (Lipinski definition) is 0. The molecule has 0 amide bonds. The summed E-state index contributed by atoms with van der Waals surface area (Å²) >= 11 is 9.71. The van der Waals surface area contributed by atoms with Crippen molar-refractivity contribution in [3.05, 3.63) is 63.1 Å². The first-order chi connectivity index (χ1) is 9.54.